The van der Waals surface area contributed by atoms with Crippen LogP contribution >= 0.6 is 0 Å². The molecule has 8 heteroatoms. The Morgan fingerprint density at radius 1 is 1.03 bits per heavy atom. The van der Waals surface area contributed by atoms with Gasteiger partial charge >= 0.3 is 5.97 Å². The molecule has 0 amide bonds. The highest BCUT2D eigenvalue weighted by molar-refractivity contribution is 5.77. The van der Waals surface area contributed by atoms with Crippen LogP contribution in [-0.2, 0) is 24.4 Å². The second kappa shape index (κ2) is 10.9. The van der Waals surface area contributed by atoms with Crippen molar-refractivity contribution in [3.8, 4) is 17.2 Å². The number of ether oxygens (including phenoxy) is 2. The first-order valence-electron chi connectivity index (χ1n) is 12.1. The van der Waals surface area contributed by atoms with Crippen LogP contribution in [0.4, 0.5) is 0 Å². The van der Waals surface area contributed by atoms with Crippen molar-refractivity contribution in [2.24, 2.45) is 0 Å². The van der Waals surface area contributed by atoms with Gasteiger partial charge in [-0.3, -0.25) is 4.90 Å². The number of benzene rings is 2. The van der Waals surface area contributed by atoms with Crippen LogP contribution in [-0.4, -0.2) is 38.5 Å². The molecule has 194 valence electrons. The van der Waals surface area contributed by atoms with E-state index in [1.165, 1.54) is 13.8 Å². The molecule has 0 fully saturated rings. The van der Waals surface area contributed by atoms with Crippen LogP contribution in [0.15, 0.2) is 71.3 Å². The predicted octanol–water partition coefficient (Wildman–Crippen LogP) is 5.54. The number of carboxylic acid groups (broad SMARTS) is 1. The Kier molecular flexibility index (Phi) is 7.69. The molecule has 0 saturated heterocycles. The maximum absolute atomic E-state index is 11.5. The van der Waals surface area contributed by atoms with Crippen LogP contribution in [0.2, 0.25) is 0 Å². The number of furan rings is 1. The fourth-order valence-electron chi connectivity index (χ4n) is 4.21. The van der Waals surface area contributed by atoms with E-state index < -0.39 is 11.6 Å². The highest BCUT2D eigenvalue weighted by Crippen LogP contribution is 2.32. The molecule has 0 unspecified atom stereocenters. The maximum Gasteiger partial charge on any atom is 0.347 e. The minimum absolute atomic E-state index is 0.382. The number of hydrogen-bond donors (Lipinski definition) is 1. The summed E-state index contributed by atoms with van der Waals surface area (Å²) < 4.78 is 18.9. The van der Waals surface area contributed by atoms with Gasteiger partial charge < -0.3 is 19.0 Å². The van der Waals surface area contributed by atoms with Gasteiger partial charge in [0.2, 0.25) is 0 Å². The molecule has 1 N–H and O–H groups in total. The number of aryl methyl sites for hydroxylation is 1. The molecule has 0 bridgehead atoms. The van der Waals surface area contributed by atoms with Gasteiger partial charge in [-0.05, 0) is 69.7 Å². The normalized spacial score (nSPS) is 11.6. The minimum atomic E-state index is -1.38. The number of aliphatic carboxylic acids is 1. The topological polar surface area (TPSA) is 90.0 Å². The van der Waals surface area contributed by atoms with Gasteiger partial charge in [-0.25, -0.2) is 9.48 Å². The summed E-state index contributed by atoms with van der Waals surface area (Å²) in [7, 11) is 1.55. The zero-order valence-corrected chi connectivity index (χ0v) is 21.9. The first-order chi connectivity index (χ1) is 17.7. The molecule has 0 aliphatic heterocycles. The summed E-state index contributed by atoms with van der Waals surface area (Å²) in [4.78, 5) is 13.8. The number of carboxylic acids is 1. The van der Waals surface area contributed by atoms with E-state index in [0.717, 1.165) is 34.0 Å². The van der Waals surface area contributed by atoms with Crippen molar-refractivity contribution < 1.29 is 23.8 Å². The number of aromatic nitrogens is 2. The SMILES string of the molecule is COc1cc(CN(Cc2ccco2)Cc2c(C)nn(-c3ccccc3)c2C)ccc1OC(C)(C)C(=O)O. The zero-order valence-electron chi connectivity index (χ0n) is 21.9. The van der Waals surface area contributed by atoms with E-state index >= 15 is 0 Å². The van der Waals surface area contributed by atoms with E-state index in [2.05, 4.69) is 11.8 Å². The van der Waals surface area contributed by atoms with Crippen LogP contribution in [0.3, 0.4) is 0 Å². The number of methoxy groups -OCH3 is 1. The molecule has 0 aliphatic rings. The molecular weight excluding hydrogens is 470 g/mol. The van der Waals surface area contributed by atoms with Crippen LogP contribution in [0.5, 0.6) is 11.5 Å². The molecule has 0 spiro atoms. The molecule has 2 heterocycles. The standard InChI is InChI=1S/C29H33N3O5/c1-20-25(21(2)32(30-20)23-10-7-6-8-11-23)19-31(18-24-12-9-15-36-24)17-22-13-14-26(27(16-22)35-5)37-29(3,4)28(33)34/h6-16H,17-19H2,1-5H3,(H,33,34). The highest BCUT2D eigenvalue weighted by Gasteiger charge is 2.30. The van der Waals surface area contributed by atoms with E-state index in [4.69, 9.17) is 19.0 Å². The van der Waals surface area contributed by atoms with Crippen molar-refractivity contribution in [1.82, 2.24) is 14.7 Å². The van der Waals surface area contributed by atoms with Crippen LogP contribution in [0, 0.1) is 13.8 Å². The summed E-state index contributed by atoms with van der Waals surface area (Å²) in [5, 5.41) is 14.2. The third-order valence-electron chi connectivity index (χ3n) is 6.30. The lowest BCUT2D eigenvalue weighted by Crippen LogP contribution is -2.38. The summed E-state index contributed by atoms with van der Waals surface area (Å²) in [6, 6.07) is 19.5. The van der Waals surface area contributed by atoms with Crippen LogP contribution in [0.25, 0.3) is 5.69 Å². The number of hydrogen-bond acceptors (Lipinski definition) is 6. The minimum Gasteiger partial charge on any atom is -0.493 e. The second-order valence-corrected chi connectivity index (χ2v) is 9.52. The van der Waals surface area contributed by atoms with Gasteiger partial charge in [-0.2, -0.15) is 5.10 Å². The van der Waals surface area contributed by atoms with E-state index in [-0.39, 0.29) is 0 Å². The quantitative estimate of drug-likeness (QED) is 0.288. The average Bonchev–Trinajstić information content (AvgIpc) is 3.48. The lowest BCUT2D eigenvalue weighted by Gasteiger charge is -2.24. The second-order valence-electron chi connectivity index (χ2n) is 9.52. The van der Waals surface area contributed by atoms with Gasteiger partial charge in [0.15, 0.2) is 17.1 Å². The van der Waals surface area contributed by atoms with Crippen molar-refractivity contribution >= 4 is 5.97 Å². The van der Waals surface area contributed by atoms with Crippen LogP contribution in [0.1, 0.15) is 42.1 Å². The number of rotatable bonds is 11. The van der Waals surface area contributed by atoms with Gasteiger partial charge in [0, 0.05) is 24.3 Å². The van der Waals surface area contributed by atoms with E-state index in [9.17, 15) is 9.90 Å². The molecule has 37 heavy (non-hydrogen) atoms. The fourth-order valence-corrected chi connectivity index (χ4v) is 4.21. The van der Waals surface area contributed by atoms with E-state index in [0.29, 0.717) is 31.1 Å². The Labute approximate surface area is 217 Å². The van der Waals surface area contributed by atoms with Gasteiger partial charge in [0.1, 0.15) is 5.76 Å². The molecule has 4 aromatic rings. The lowest BCUT2D eigenvalue weighted by molar-refractivity contribution is -0.152. The first kappa shape index (κ1) is 26.0. The summed E-state index contributed by atoms with van der Waals surface area (Å²) in [6.07, 6.45) is 1.68. The predicted molar refractivity (Wildman–Crippen MR) is 140 cm³/mol. The average molecular weight is 504 g/mol. The Morgan fingerprint density at radius 3 is 2.43 bits per heavy atom. The molecule has 0 aliphatic carbocycles. The van der Waals surface area contributed by atoms with Crippen molar-refractivity contribution in [2.75, 3.05) is 7.11 Å². The highest BCUT2D eigenvalue weighted by atomic mass is 16.5. The number of para-hydroxylation sites is 1. The van der Waals surface area contributed by atoms with Gasteiger partial charge in [0.25, 0.3) is 0 Å². The largest absolute Gasteiger partial charge is 0.493 e. The van der Waals surface area contributed by atoms with Crippen molar-refractivity contribution in [2.45, 2.75) is 52.9 Å². The maximum atomic E-state index is 11.5. The van der Waals surface area contributed by atoms with Gasteiger partial charge in [-0.15, -0.1) is 0 Å². The fraction of sp³-hybridized carbons (Fsp3) is 0.310. The van der Waals surface area contributed by atoms with E-state index in [1.807, 2.05) is 66.2 Å². The molecule has 0 atom stereocenters. The lowest BCUT2D eigenvalue weighted by atomic mass is 10.1. The monoisotopic (exact) mass is 503 g/mol. The zero-order chi connectivity index (χ0) is 26.6. The van der Waals surface area contributed by atoms with Crippen molar-refractivity contribution in [3.63, 3.8) is 0 Å². The van der Waals surface area contributed by atoms with Crippen molar-refractivity contribution in [3.05, 3.63) is 95.2 Å². The van der Waals surface area contributed by atoms with Gasteiger partial charge in [-0.1, -0.05) is 24.3 Å². The molecule has 4 rings (SSSR count). The number of carbonyl (C=O) groups is 1. The van der Waals surface area contributed by atoms with Crippen LogP contribution < -0.4 is 9.47 Å². The third-order valence-corrected chi connectivity index (χ3v) is 6.30. The molecule has 0 radical (unpaired) electrons. The molecule has 8 nitrogen and oxygen atoms in total. The Morgan fingerprint density at radius 2 is 1.78 bits per heavy atom. The number of nitrogens with zero attached hydrogens (tertiary/aromatic N) is 3. The Hall–Kier alpha value is -4.04. The summed E-state index contributed by atoms with van der Waals surface area (Å²) >= 11 is 0. The molecule has 2 aromatic carbocycles. The summed E-state index contributed by atoms with van der Waals surface area (Å²) in [5.74, 6) is 0.673. The Bertz CT molecular complexity index is 1340. The Balaban J connectivity index is 1.61. The van der Waals surface area contributed by atoms with Gasteiger partial charge in [0.05, 0.1) is 31.3 Å². The smallest absolute Gasteiger partial charge is 0.347 e. The third kappa shape index (κ3) is 6.03. The van der Waals surface area contributed by atoms with E-state index in [1.54, 1.807) is 19.4 Å². The molecular formula is C29H33N3O5. The van der Waals surface area contributed by atoms with Crippen molar-refractivity contribution in [1.29, 1.82) is 0 Å². The molecule has 0 saturated carbocycles. The molecule has 2 aromatic heterocycles. The summed E-state index contributed by atoms with van der Waals surface area (Å²) in [6.45, 7) is 9.02. The summed E-state index contributed by atoms with van der Waals surface area (Å²) in [5.41, 5.74) is 3.86. The first-order valence-corrected chi connectivity index (χ1v) is 12.1.